The number of ether oxygens (including phenoxy) is 3. The van der Waals surface area contributed by atoms with Crippen LogP contribution in [-0.2, 0) is 28.6 Å². The number of carbonyl (C=O) groups is 3. The van der Waals surface area contributed by atoms with Gasteiger partial charge in [-0.05, 0) is 70.6 Å². The van der Waals surface area contributed by atoms with Crippen LogP contribution < -0.4 is 5.11 Å². The van der Waals surface area contributed by atoms with E-state index in [1.54, 1.807) is 21.1 Å². The molecule has 332 valence electrons. The lowest BCUT2D eigenvalue weighted by Crippen LogP contribution is -2.55. The number of rotatable bonds is 36. The molecule has 0 bridgehead atoms. The summed E-state index contributed by atoms with van der Waals surface area (Å²) in [5.74, 6) is -1.90. The summed E-state index contributed by atoms with van der Waals surface area (Å²) < 4.78 is 17.0. The zero-order chi connectivity index (χ0) is 44.2. The molecule has 2 atom stereocenters. The molecule has 0 fully saturated rings. The smallest absolute Gasteiger partial charge is 0.306 e. The minimum Gasteiger partial charge on any atom is -0.544 e. The van der Waals surface area contributed by atoms with Gasteiger partial charge in [0.1, 0.15) is 12.6 Å². The number of allylic oxidation sites excluding steroid dienone is 24. The first-order valence-corrected chi connectivity index (χ1v) is 22.0. The van der Waals surface area contributed by atoms with Gasteiger partial charge in [0.2, 0.25) is 0 Å². The second-order valence-electron chi connectivity index (χ2n) is 15.0. The Kier molecular flexibility index (Phi) is 37.7. The Morgan fingerprint density at radius 3 is 1.50 bits per heavy atom. The second kappa shape index (κ2) is 41.0. The van der Waals surface area contributed by atoms with E-state index in [9.17, 15) is 19.5 Å². The van der Waals surface area contributed by atoms with Crippen LogP contribution in [0.2, 0.25) is 0 Å². The summed E-state index contributed by atoms with van der Waals surface area (Å²) >= 11 is 0. The largest absolute Gasteiger partial charge is 0.544 e. The number of aliphatic carboxylic acids is 1. The van der Waals surface area contributed by atoms with Crippen molar-refractivity contribution >= 4 is 17.9 Å². The van der Waals surface area contributed by atoms with E-state index in [1.807, 2.05) is 72.9 Å². The van der Waals surface area contributed by atoms with Crippen LogP contribution in [0.5, 0.6) is 0 Å². The molecule has 2 unspecified atom stereocenters. The van der Waals surface area contributed by atoms with Gasteiger partial charge in [-0.25, -0.2) is 0 Å². The maximum atomic E-state index is 12.7. The minimum absolute atomic E-state index is 0.00936. The fourth-order valence-electron chi connectivity index (χ4n) is 5.32. The molecule has 0 heterocycles. The molecule has 0 amide bonds. The summed E-state index contributed by atoms with van der Waals surface area (Å²) in [6.45, 7) is 4.25. The van der Waals surface area contributed by atoms with Crippen LogP contribution >= 0.6 is 0 Å². The molecular formula is C52H77NO7. The molecule has 0 aromatic rings. The third kappa shape index (κ3) is 38.7. The highest BCUT2D eigenvalue weighted by Gasteiger charge is 2.25. The van der Waals surface area contributed by atoms with Gasteiger partial charge in [0.15, 0.2) is 6.10 Å². The minimum atomic E-state index is -1.15. The monoisotopic (exact) mass is 828 g/mol. The molecule has 0 spiro atoms. The van der Waals surface area contributed by atoms with Crippen molar-refractivity contribution in [1.29, 1.82) is 0 Å². The molecule has 0 aromatic heterocycles. The SMILES string of the molecule is CC/C=C/C=C/C=C/C=C/C=C/C=C/C=C/CCCCCC(=O)OCC(COCCC(C(=O)[O-])[N+](C)(C)C)OC(=O)CCC/C=C/C/C=C/C/C=C/C/C=C/C/C=C/CC. The first-order chi connectivity index (χ1) is 29.1. The Morgan fingerprint density at radius 1 is 0.517 bits per heavy atom. The van der Waals surface area contributed by atoms with Crippen LogP contribution in [0.1, 0.15) is 110 Å². The fraction of sp³-hybridized carbons (Fsp3) is 0.481. The topological polar surface area (TPSA) is 102 Å². The van der Waals surface area contributed by atoms with E-state index in [1.165, 1.54) is 0 Å². The normalized spacial score (nSPS) is 14.3. The van der Waals surface area contributed by atoms with Gasteiger partial charge in [-0.1, -0.05) is 166 Å². The van der Waals surface area contributed by atoms with Crippen LogP contribution in [-0.4, -0.2) is 75.5 Å². The lowest BCUT2D eigenvalue weighted by atomic mass is 10.1. The molecule has 0 N–H and O–H groups in total. The van der Waals surface area contributed by atoms with Gasteiger partial charge in [0, 0.05) is 19.3 Å². The summed E-state index contributed by atoms with van der Waals surface area (Å²) in [4.78, 5) is 36.9. The fourth-order valence-corrected chi connectivity index (χ4v) is 5.32. The van der Waals surface area contributed by atoms with Gasteiger partial charge in [-0.2, -0.15) is 0 Å². The van der Waals surface area contributed by atoms with Gasteiger partial charge in [-0.3, -0.25) is 9.59 Å². The van der Waals surface area contributed by atoms with Crippen molar-refractivity contribution in [2.45, 2.75) is 122 Å². The van der Waals surface area contributed by atoms with E-state index >= 15 is 0 Å². The molecule has 8 heteroatoms. The maximum Gasteiger partial charge on any atom is 0.306 e. The van der Waals surface area contributed by atoms with E-state index in [4.69, 9.17) is 14.2 Å². The zero-order valence-corrected chi connectivity index (χ0v) is 37.5. The van der Waals surface area contributed by atoms with Crippen molar-refractivity contribution < 1.29 is 38.2 Å². The van der Waals surface area contributed by atoms with Crippen molar-refractivity contribution in [2.24, 2.45) is 0 Å². The number of nitrogens with zero attached hydrogens (tertiary/aromatic N) is 1. The van der Waals surface area contributed by atoms with Gasteiger partial charge in [0.25, 0.3) is 0 Å². The van der Waals surface area contributed by atoms with Crippen LogP contribution in [0.4, 0.5) is 0 Å². The number of carbonyl (C=O) groups excluding carboxylic acids is 3. The quantitative estimate of drug-likeness (QED) is 0.0204. The van der Waals surface area contributed by atoms with Gasteiger partial charge < -0.3 is 28.6 Å². The number of esters is 2. The number of likely N-dealkylation sites (N-methyl/N-ethyl adjacent to an activating group) is 1. The van der Waals surface area contributed by atoms with Crippen LogP contribution in [0.25, 0.3) is 0 Å². The summed E-state index contributed by atoms with van der Waals surface area (Å²) in [6.07, 6.45) is 60.2. The average molecular weight is 828 g/mol. The van der Waals surface area contributed by atoms with Crippen molar-refractivity contribution in [3.05, 3.63) is 146 Å². The third-order valence-corrected chi connectivity index (χ3v) is 8.67. The Bertz CT molecular complexity index is 1480. The number of carboxylic acids is 1. The summed E-state index contributed by atoms with van der Waals surface area (Å²) in [5.41, 5.74) is 0. The lowest BCUT2D eigenvalue weighted by molar-refractivity contribution is -0.889. The highest BCUT2D eigenvalue weighted by Crippen LogP contribution is 2.10. The molecule has 60 heavy (non-hydrogen) atoms. The van der Waals surface area contributed by atoms with E-state index in [2.05, 4.69) is 86.8 Å². The number of quaternary nitrogens is 1. The summed E-state index contributed by atoms with van der Waals surface area (Å²) in [5, 5.41) is 11.6. The van der Waals surface area contributed by atoms with E-state index in [0.717, 1.165) is 64.2 Å². The first-order valence-electron chi connectivity index (χ1n) is 22.0. The third-order valence-electron chi connectivity index (χ3n) is 8.67. The number of unbranched alkanes of at least 4 members (excludes halogenated alkanes) is 4. The Labute approximate surface area is 364 Å². The van der Waals surface area contributed by atoms with Gasteiger partial charge >= 0.3 is 11.9 Å². The van der Waals surface area contributed by atoms with E-state index in [0.29, 0.717) is 12.8 Å². The first kappa shape index (κ1) is 55.2. The Hall–Kier alpha value is -4.79. The van der Waals surface area contributed by atoms with E-state index < -0.39 is 24.1 Å². The molecular weight excluding hydrogens is 751 g/mol. The number of hydrogen-bond donors (Lipinski definition) is 0. The average Bonchev–Trinajstić information content (AvgIpc) is 3.21. The Balaban J connectivity index is 4.59. The highest BCUT2D eigenvalue weighted by molar-refractivity contribution is 5.70. The van der Waals surface area contributed by atoms with Crippen molar-refractivity contribution in [3.63, 3.8) is 0 Å². The Morgan fingerprint density at radius 2 is 0.983 bits per heavy atom. The summed E-state index contributed by atoms with van der Waals surface area (Å²) in [7, 11) is 5.35. The molecule has 0 aliphatic heterocycles. The van der Waals surface area contributed by atoms with Crippen molar-refractivity contribution in [3.8, 4) is 0 Å². The molecule has 8 nitrogen and oxygen atoms in total. The predicted octanol–water partition coefficient (Wildman–Crippen LogP) is 10.8. The lowest BCUT2D eigenvalue weighted by Gasteiger charge is -2.34. The second-order valence-corrected chi connectivity index (χ2v) is 15.0. The van der Waals surface area contributed by atoms with Crippen LogP contribution in [0.15, 0.2) is 146 Å². The molecule has 0 saturated heterocycles. The van der Waals surface area contributed by atoms with Crippen LogP contribution in [0, 0.1) is 0 Å². The highest BCUT2D eigenvalue weighted by atomic mass is 16.6. The van der Waals surface area contributed by atoms with Crippen molar-refractivity contribution in [1.82, 2.24) is 0 Å². The summed E-state index contributed by atoms with van der Waals surface area (Å²) in [6, 6.07) is -0.754. The zero-order valence-electron chi connectivity index (χ0n) is 37.5. The molecule has 0 aromatic carbocycles. The molecule has 0 rings (SSSR count). The van der Waals surface area contributed by atoms with E-state index in [-0.39, 0.29) is 49.5 Å². The standard InChI is InChI=1S/C52H77NO7/c1-6-8-10-12-14-16-18-20-22-24-25-27-28-30-32-34-36-38-40-42-50(54)59-47-48(46-58-45-44-49(52(56)57)53(3,4)5)60-51(55)43-41-39-37-35-33-31-29-26-23-21-19-17-15-13-11-9-7-2/h8-12,14-18,20-25,27-32,35,37,48-49H,6-7,13,19,26,33-34,36,38-47H2,1-5H3/b10-8+,11-9+,14-12+,17-15+,18-16+,22-20+,23-21+,25-24+,28-27+,31-29+,32-30+,37-35+. The maximum absolute atomic E-state index is 12.7. The number of hydrogen-bond acceptors (Lipinski definition) is 7. The van der Waals surface area contributed by atoms with Gasteiger partial charge in [-0.15, -0.1) is 0 Å². The molecule has 0 saturated carbocycles. The molecule has 0 aliphatic carbocycles. The predicted molar refractivity (Wildman–Crippen MR) is 249 cm³/mol. The van der Waals surface area contributed by atoms with Crippen LogP contribution in [0.3, 0.4) is 0 Å². The number of carboxylic acid groups (broad SMARTS) is 1. The van der Waals surface area contributed by atoms with Crippen molar-refractivity contribution in [2.75, 3.05) is 41.0 Å². The van der Waals surface area contributed by atoms with Gasteiger partial charge in [0.05, 0.1) is 40.3 Å². The molecule has 0 radical (unpaired) electrons. The molecule has 0 aliphatic rings.